The normalized spacial score (nSPS) is 21.2. The minimum absolute atomic E-state index is 0.0386. The van der Waals surface area contributed by atoms with Gasteiger partial charge in [0, 0.05) is 31.2 Å². The maximum absolute atomic E-state index is 14.0. The van der Waals surface area contributed by atoms with Crippen LogP contribution in [0.3, 0.4) is 0 Å². The number of hydrogen-bond donors (Lipinski definition) is 2. The van der Waals surface area contributed by atoms with Crippen LogP contribution in [0.2, 0.25) is 10.0 Å². The van der Waals surface area contributed by atoms with Crippen LogP contribution in [0.25, 0.3) is 0 Å². The molecule has 6 rings (SSSR count). The SMILES string of the molecule is Cc1cc(Cl)c(OCCOc2ccc(C34CC=C(C(=O)N(Cc5cccc(C)c5C)C5CC5)C(CNC3)N4)cc2)c(Cl)c1. The van der Waals surface area contributed by atoms with Crippen molar-refractivity contribution in [1.29, 1.82) is 0 Å². The zero-order valence-electron chi connectivity index (χ0n) is 25.0. The number of ether oxygens (including phenoxy) is 2. The molecule has 1 aliphatic carbocycles. The van der Waals surface area contributed by atoms with Crippen molar-refractivity contribution < 1.29 is 14.3 Å². The number of halogens is 2. The van der Waals surface area contributed by atoms with Gasteiger partial charge in [-0.05, 0) is 92.1 Å². The summed E-state index contributed by atoms with van der Waals surface area (Å²) in [6.07, 6.45) is 5.09. The van der Waals surface area contributed by atoms with Crippen LogP contribution in [0.1, 0.15) is 47.1 Å². The van der Waals surface area contributed by atoms with E-state index in [1.807, 2.05) is 31.2 Å². The van der Waals surface area contributed by atoms with Gasteiger partial charge in [0.15, 0.2) is 5.75 Å². The molecule has 2 heterocycles. The van der Waals surface area contributed by atoms with E-state index in [2.05, 4.69) is 65.8 Å². The molecule has 2 atom stereocenters. The lowest BCUT2D eigenvalue weighted by Gasteiger charge is -2.47. The Morgan fingerprint density at radius 2 is 1.72 bits per heavy atom. The summed E-state index contributed by atoms with van der Waals surface area (Å²) in [6.45, 7) is 9.10. The lowest BCUT2D eigenvalue weighted by Crippen LogP contribution is -2.65. The predicted molar refractivity (Wildman–Crippen MR) is 172 cm³/mol. The zero-order chi connectivity index (χ0) is 30.1. The third-order valence-corrected chi connectivity index (χ3v) is 9.53. The van der Waals surface area contributed by atoms with Gasteiger partial charge in [0.1, 0.15) is 19.0 Å². The molecule has 2 aliphatic heterocycles. The van der Waals surface area contributed by atoms with E-state index in [4.69, 9.17) is 32.7 Å². The van der Waals surface area contributed by atoms with Crippen molar-refractivity contribution in [2.24, 2.45) is 0 Å². The Bertz CT molecular complexity index is 1510. The summed E-state index contributed by atoms with van der Waals surface area (Å²) in [5.41, 5.74) is 6.54. The summed E-state index contributed by atoms with van der Waals surface area (Å²) >= 11 is 12.6. The van der Waals surface area contributed by atoms with Crippen LogP contribution < -0.4 is 20.1 Å². The highest BCUT2D eigenvalue weighted by Crippen LogP contribution is 2.37. The van der Waals surface area contributed by atoms with Crippen LogP contribution in [0, 0.1) is 20.8 Å². The average molecular weight is 621 g/mol. The van der Waals surface area contributed by atoms with Crippen LogP contribution >= 0.6 is 23.2 Å². The maximum Gasteiger partial charge on any atom is 0.251 e. The Morgan fingerprint density at radius 3 is 2.44 bits per heavy atom. The fourth-order valence-electron chi connectivity index (χ4n) is 6.23. The molecule has 3 aromatic rings. The summed E-state index contributed by atoms with van der Waals surface area (Å²) in [7, 11) is 0. The number of aryl methyl sites for hydroxylation is 2. The van der Waals surface area contributed by atoms with Gasteiger partial charge in [-0.25, -0.2) is 0 Å². The van der Waals surface area contributed by atoms with E-state index in [9.17, 15) is 4.79 Å². The van der Waals surface area contributed by atoms with Crippen LogP contribution in [0.15, 0.2) is 66.2 Å². The first-order valence-corrected chi connectivity index (χ1v) is 15.9. The highest BCUT2D eigenvalue weighted by atomic mass is 35.5. The van der Waals surface area contributed by atoms with Crippen molar-refractivity contribution in [2.45, 2.75) is 64.2 Å². The zero-order valence-corrected chi connectivity index (χ0v) is 26.5. The largest absolute Gasteiger partial charge is 0.490 e. The molecule has 0 aromatic heterocycles. The van der Waals surface area contributed by atoms with E-state index in [1.54, 1.807) is 0 Å². The first-order valence-electron chi connectivity index (χ1n) is 15.1. The maximum atomic E-state index is 14.0. The van der Waals surface area contributed by atoms with Crippen molar-refractivity contribution in [3.8, 4) is 11.5 Å². The van der Waals surface area contributed by atoms with Crippen molar-refractivity contribution in [1.82, 2.24) is 15.5 Å². The van der Waals surface area contributed by atoms with Crippen LogP contribution in [-0.4, -0.2) is 49.2 Å². The van der Waals surface area contributed by atoms with Gasteiger partial charge in [-0.15, -0.1) is 0 Å². The first kappa shape index (κ1) is 30.0. The van der Waals surface area contributed by atoms with E-state index >= 15 is 0 Å². The number of hydrogen-bond acceptors (Lipinski definition) is 5. The second-order valence-corrected chi connectivity index (χ2v) is 12.9. The highest BCUT2D eigenvalue weighted by Gasteiger charge is 2.44. The summed E-state index contributed by atoms with van der Waals surface area (Å²) in [4.78, 5) is 16.1. The van der Waals surface area contributed by atoms with Crippen LogP contribution in [-0.2, 0) is 16.9 Å². The van der Waals surface area contributed by atoms with E-state index in [-0.39, 0.29) is 17.5 Å². The number of amides is 1. The summed E-state index contributed by atoms with van der Waals surface area (Å²) < 4.78 is 11.7. The number of carbonyl (C=O) groups is 1. The van der Waals surface area contributed by atoms with E-state index in [0.29, 0.717) is 41.6 Å². The Labute approximate surface area is 264 Å². The Balaban J connectivity index is 1.10. The van der Waals surface area contributed by atoms with Gasteiger partial charge >= 0.3 is 0 Å². The molecule has 1 saturated carbocycles. The predicted octanol–water partition coefficient (Wildman–Crippen LogP) is 6.65. The number of benzene rings is 3. The second-order valence-electron chi connectivity index (χ2n) is 12.1. The molecule has 1 amide bonds. The molecule has 3 aliphatic rings. The molecule has 226 valence electrons. The molecular weight excluding hydrogens is 581 g/mol. The minimum atomic E-state index is -0.273. The lowest BCUT2D eigenvalue weighted by atomic mass is 9.78. The topological polar surface area (TPSA) is 62.8 Å². The van der Waals surface area contributed by atoms with Gasteiger partial charge in [-0.1, -0.05) is 59.6 Å². The van der Waals surface area contributed by atoms with Gasteiger partial charge in [0.05, 0.1) is 21.6 Å². The fraction of sp³-hybridized carbons (Fsp3) is 0.400. The summed E-state index contributed by atoms with van der Waals surface area (Å²) in [5.74, 6) is 1.41. The molecule has 2 fully saturated rings. The van der Waals surface area contributed by atoms with Crippen molar-refractivity contribution in [3.63, 3.8) is 0 Å². The number of fused-ring (bicyclic) bond motifs is 2. The molecule has 2 N–H and O–H groups in total. The molecule has 2 unspecified atom stereocenters. The van der Waals surface area contributed by atoms with Gasteiger partial charge in [0.25, 0.3) is 5.91 Å². The van der Waals surface area contributed by atoms with E-state index < -0.39 is 0 Å². The Hall–Kier alpha value is -3.03. The standard InChI is InChI=1S/C35H39Cl2N3O3/c1-22-17-30(36)33(31(37)18-22)43-16-15-42-28-11-7-26(8-12-28)35-14-13-29(32(39-35)19-38-21-35)34(41)40(27-9-10-27)20-25-6-4-5-23(2)24(25)3/h4-8,11-13,17-18,27,32,38-39H,9-10,14-16,19-21H2,1-3H3. The third kappa shape index (κ3) is 6.44. The van der Waals surface area contributed by atoms with Gasteiger partial charge in [-0.3, -0.25) is 10.1 Å². The third-order valence-electron chi connectivity index (χ3n) is 8.97. The minimum Gasteiger partial charge on any atom is -0.490 e. The van der Waals surface area contributed by atoms with Crippen molar-refractivity contribution in [2.75, 3.05) is 26.3 Å². The smallest absolute Gasteiger partial charge is 0.251 e. The van der Waals surface area contributed by atoms with Crippen molar-refractivity contribution >= 4 is 29.1 Å². The number of nitrogens with one attached hydrogen (secondary N) is 2. The fourth-order valence-corrected chi connectivity index (χ4v) is 6.94. The second kappa shape index (κ2) is 12.5. The number of nitrogens with zero attached hydrogens (tertiary/aromatic N) is 1. The average Bonchev–Trinajstić information content (AvgIpc) is 3.83. The molecule has 2 bridgehead atoms. The van der Waals surface area contributed by atoms with Gasteiger partial charge in [0.2, 0.25) is 0 Å². The molecule has 0 spiro atoms. The molecule has 3 aromatic carbocycles. The molecular formula is C35H39Cl2N3O3. The molecule has 1 saturated heterocycles. The molecule has 0 radical (unpaired) electrons. The monoisotopic (exact) mass is 619 g/mol. The summed E-state index contributed by atoms with van der Waals surface area (Å²) in [6, 6.07) is 18.5. The van der Waals surface area contributed by atoms with Gasteiger partial charge in [-0.2, -0.15) is 0 Å². The quantitative estimate of drug-likeness (QED) is 0.249. The van der Waals surface area contributed by atoms with Gasteiger partial charge < -0.3 is 19.7 Å². The van der Waals surface area contributed by atoms with E-state index in [1.165, 1.54) is 22.3 Å². The van der Waals surface area contributed by atoms with Crippen LogP contribution in [0.4, 0.5) is 0 Å². The number of carbonyl (C=O) groups excluding carboxylic acids is 1. The summed E-state index contributed by atoms with van der Waals surface area (Å²) in [5, 5.41) is 8.44. The van der Waals surface area contributed by atoms with Crippen LogP contribution in [0.5, 0.6) is 11.5 Å². The lowest BCUT2D eigenvalue weighted by molar-refractivity contribution is -0.129. The first-order chi connectivity index (χ1) is 20.7. The van der Waals surface area contributed by atoms with E-state index in [0.717, 1.165) is 49.2 Å². The molecule has 6 nitrogen and oxygen atoms in total. The molecule has 8 heteroatoms. The Kier molecular flexibility index (Phi) is 8.74. The number of piperazine rings is 1. The Morgan fingerprint density at radius 1 is 1.00 bits per heavy atom. The highest BCUT2D eigenvalue weighted by molar-refractivity contribution is 6.37. The molecule has 43 heavy (non-hydrogen) atoms. The van der Waals surface area contributed by atoms with Crippen molar-refractivity contribution in [3.05, 3.63) is 104 Å². The number of rotatable bonds is 10.